The molecular formula is C15H29N3. The summed E-state index contributed by atoms with van der Waals surface area (Å²) in [5.74, 6) is 0. The number of rotatable bonds is 4. The molecule has 1 aliphatic carbocycles. The van der Waals surface area contributed by atoms with Crippen molar-refractivity contribution in [3.63, 3.8) is 0 Å². The van der Waals surface area contributed by atoms with Crippen molar-refractivity contribution in [2.75, 3.05) is 26.2 Å². The van der Waals surface area contributed by atoms with Gasteiger partial charge in [-0.3, -0.25) is 4.90 Å². The first-order valence-corrected chi connectivity index (χ1v) is 8.00. The lowest BCUT2D eigenvalue weighted by atomic mass is 10.0. The van der Waals surface area contributed by atoms with Crippen molar-refractivity contribution in [1.29, 1.82) is 0 Å². The number of hydrogen-bond acceptors (Lipinski definition) is 3. The summed E-state index contributed by atoms with van der Waals surface area (Å²) in [6.45, 7) is 9.81. The van der Waals surface area contributed by atoms with Crippen LogP contribution in [0.25, 0.3) is 0 Å². The molecule has 0 aromatic carbocycles. The van der Waals surface area contributed by atoms with Crippen LogP contribution in [0.3, 0.4) is 0 Å². The van der Waals surface area contributed by atoms with Gasteiger partial charge in [0.25, 0.3) is 0 Å². The van der Waals surface area contributed by atoms with Crippen LogP contribution in [0.2, 0.25) is 0 Å². The van der Waals surface area contributed by atoms with Gasteiger partial charge in [0.05, 0.1) is 0 Å². The summed E-state index contributed by atoms with van der Waals surface area (Å²) in [6, 6.07) is 3.29. The van der Waals surface area contributed by atoms with E-state index in [0.717, 1.165) is 24.2 Å². The van der Waals surface area contributed by atoms with Gasteiger partial charge in [0.2, 0.25) is 0 Å². The van der Waals surface area contributed by atoms with Crippen LogP contribution < -0.4 is 5.32 Å². The van der Waals surface area contributed by atoms with E-state index in [2.05, 4.69) is 29.0 Å². The smallest absolute Gasteiger partial charge is 0.0212 e. The molecule has 3 rings (SSSR count). The third-order valence-electron chi connectivity index (χ3n) is 5.15. The summed E-state index contributed by atoms with van der Waals surface area (Å²) in [6.07, 6.45) is 6.96. The van der Waals surface area contributed by atoms with Gasteiger partial charge < -0.3 is 10.2 Å². The lowest BCUT2D eigenvalue weighted by molar-refractivity contribution is 0.197. The summed E-state index contributed by atoms with van der Waals surface area (Å²) in [7, 11) is 0. The summed E-state index contributed by atoms with van der Waals surface area (Å²) < 4.78 is 0. The van der Waals surface area contributed by atoms with Crippen LogP contribution in [0.1, 0.15) is 46.0 Å². The molecule has 0 radical (unpaired) electrons. The van der Waals surface area contributed by atoms with E-state index < -0.39 is 0 Å². The summed E-state index contributed by atoms with van der Waals surface area (Å²) >= 11 is 0. The highest BCUT2D eigenvalue weighted by molar-refractivity contribution is 4.97. The van der Waals surface area contributed by atoms with Gasteiger partial charge in [-0.05, 0) is 58.7 Å². The molecule has 2 saturated heterocycles. The van der Waals surface area contributed by atoms with Gasteiger partial charge in [0, 0.05) is 30.7 Å². The maximum absolute atomic E-state index is 3.94. The van der Waals surface area contributed by atoms with Gasteiger partial charge in [-0.15, -0.1) is 0 Å². The highest BCUT2D eigenvalue weighted by Crippen LogP contribution is 2.33. The van der Waals surface area contributed by atoms with Crippen LogP contribution in [0.5, 0.6) is 0 Å². The highest BCUT2D eigenvalue weighted by Gasteiger charge is 2.39. The Balaban J connectivity index is 1.43. The second-order valence-electron chi connectivity index (χ2n) is 6.58. The van der Waals surface area contributed by atoms with E-state index in [-0.39, 0.29) is 0 Å². The monoisotopic (exact) mass is 251 g/mol. The first-order chi connectivity index (χ1) is 8.76. The van der Waals surface area contributed by atoms with Crippen molar-refractivity contribution < 1.29 is 0 Å². The molecule has 3 heteroatoms. The van der Waals surface area contributed by atoms with Crippen LogP contribution in [0.4, 0.5) is 0 Å². The summed E-state index contributed by atoms with van der Waals surface area (Å²) in [4.78, 5) is 5.32. The van der Waals surface area contributed by atoms with Crippen molar-refractivity contribution >= 4 is 0 Å². The molecule has 2 heterocycles. The predicted molar refractivity (Wildman–Crippen MR) is 75.9 cm³/mol. The molecule has 0 bridgehead atoms. The molecule has 0 aromatic rings. The maximum atomic E-state index is 3.94. The van der Waals surface area contributed by atoms with Crippen molar-refractivity contribution in [2.45, 2.75) is 70.1 Å². The van der Waals surface area contributed by atoms with Gasteiger partial charge >= 0.3 is 0 Å². The number of nitrogens with zero attached hydrogens (tertiary/aromatic N) is 2. The van der Waals surface area contributed by atoms with Crippen LogP contribution in [0, 0.1) is 0 Å². The first-order valence-electron chi connectivity index (χ1n) is 8.00. The lowest BCUT2D eigenvalue weighted by Gasteiger charge is -2.33. The first kappa shape index (κ1) is 12.9. The minimum Gasteiger partial charge on any atom is -0.310 e. The van der Waals surface area contributed by atoms with E-state index in [4.69, 9.17) is 0 Å². The van der Waals surface area contributed by atoms with E-state index in [1.54, 1.807) is 0 Å². The molecule has 1 saturated carbocycles. The van der Waals surface area contributed by atoms with Crippen LogP contribution in [0.15, 0.2) is 0 Å². The predicted octanol–water partition coefficient (Wildman–Crippen LogP) is 1.69. The quantitative estimate of drug-likeness (QED) is 0.820. The molecular weight excluding hydrogens is 222 g/mol. The fourth-order valence-corrected chi connectivity index (χ4v) is 3.84. The molecule has 2 atom stereocenters. The number of piperidine rings is 1. The fourth-order valence-electron chi connectivity index (χ4n) is 3.84. The van der Waals surface area contributed by atoms with E-state index in [1.165, 1.54) is 58.3 Å². The van der Waals surface area contributed by atoms with Gasteiger partial charge in [0.15, 0.2) is 0 Å². The Labute approximate surface area is 112 Å². The maximum Gasteiger partial charge on any atom is 0.0212 e. The molecule has 0 amide bonds. The lowest BCUT2D eigenvalue weighted by Crippen LogP contribution is -2.47. The molecule has 104 valence electrons. The van der Waals surface area contributed by atoms with Gasteiger partial charge in [0.1, 0.15) is 0 Å². The topological polar surface area (TPSA) is 18.5 Å². The fraction of sp³-hybridized carbons (Fsp3) is 1.00. The average molecular weight is 251 g/mol. The second kappa shape index (κ2) is 5.48. The molecule has 2 aliphatic heterocycles. The van der Waals surface area contributed by atoms with E-state index in [1.807, 2.05) is 0 Å². The van der Waals surface area contributed by atoms with Crippen molar-refractivity contribution in [3.05, 3.63) is 0 Å². The van der Waals surface area contributed by atoms with E-state index in [0.29, 0.717) is 0 Å². The minimum absolute atomic E-state index is 0.763. The zero-order valence-electron chi connectivity index (χ0n) is 12.1. The highest BCUT2D eigenvalue weighted by atomic mass is 15.3. The van der Waals surface area contributed by atoms with E-state index in [9.17, 15) is 0 Å². The number of nitrogens with one attached hydrogen (secondary N) is 1. The second-order valence-corrected chi connectivity index (χ2v) is 6.58. The van der Waals surface area contributed by atoms with Crippen molar-refractivity contribution in [2.24, 2.45) is 0 Å². The number of hydrogen-bond donors (Lipinski definition) is 1. The van der Waals surface area contributed by atoms with Gasteiger partial charge in [-0.2, -0.15) is 0 Å². The Hall–Kier alpha value is -0.120. The Bertz CT molecular complexity index is 269. The third kappa shape index (κ3) is 2.89. The largest absolute Gasteiger partial charge is 0.310 e. The molecule has 3 aliphatic rings. The summed E-state index contributed by atoms with van der Waals surface area (Å²) in [5.41, 5.74) is 0. The SMILES string of the molecule is CCN1CCC(NC2CC(C)N(C3CC3)C2)CC1. The summed E-state index contributed by atoms with van der Waals surface area (Å²) in [5, 5.41) is 3.94. The standard InChI is InChI=1S/C15H29N3/c1-3-17-8-6-13(7-9-17)16-14-10-12(2)18(11-14)15-4-5-15/h12-16H,3-11H2,1-2H3. The molecule has 0 aromatic heterocycles. The zero-order chi connectivity index (χ0) is 12.5. The molecule has 3 nitrogen and oxygen atoms in total. The Morgan fingerprint density at radius 3 is 2.39 bits per heavy atom. The normalized spacial score (nSPS) is 36.3. The van der Waals surface area contributed by atoms with Gasteiger partial charge in [-0.1, -0.05) is 6.92 Å². The molecule has 18 heavy (non-hydrogen) atoms. The van der Waals surface area contributed by atoms with Crippen LogP contribution in [-0.2, 0) is 0 Å². The van der Waals surface area contributed by atoms with Crippen molar-refractivity contribution in [1.82, 2.24) is 15.1 Å². The van der Waals surface area contributed by atoms with Crippen molar-refractivity contribution in [3.8, 4) is 0 Å². The number of likely N-dealkylation sites (tertiary alicyclic amines) is 2. The Morgan fingerprint density at radius 2 is 1.78 bits per heavy atom. The zero-order valence-corrected chi connectivity index (χ0v) is 12.1. The van der Waals surface area contributed by atoms with Crippen LogP contribution >= 0.6 is 0 Å². The Morgan fingerprint density at radius 1 is 1.06 bits per heavy atom. The molecule has 1 N–H and O–H groups in total. The Kier molecular flexibility index (Phi) is 3.92. The van der Waals surface area contributed by atoms with Crippen LogP contribution in [-0.4, -0.2) is 60.1 Å². The third-order valence-corrected chi connectivity index (χ3v) is 5.15. The average Bonchev–Trinajstić information content (AvgIpc) is 3.15. The molecule has 2 unspecified atom stereocenters. The van der Waals surface area contributed by atoms with E-state index >= 15 is 0 Å². The molecule has 3 fully saturated rings. The van der Waals surface area contributed by atoms with Gasteiger partial charge in [-0.25, -0.2) is 0 Å². The molecule has 0 spiro atoms. The minimum atomic E-state index is 0.763.